The van der Waals surface area contributed by atoms with E-state index >= 15 is 0 Å². The Balaban J connectivity index is 2.05. The lowest BCUT2D eigenvalue weighted by Crippen LogP contribution is -2.28. The normalized spacial score (nSPS) is 17.4. The van der Waals surface area contributed by atoms with Crippen LogP contribution in [0, 0.1) is 6.92 Å². The summed E-state index contributed by atoms with van der Waals surface area (Å²) in [6.45, 7) is 4.17. The third-order valence-electron chi connectivity index (χ3n) is 2.91. The Morgan fingerprint density at radius 3 is 3.18 bits per heavy atom. The molecule has 3 heterocycles. The van der Waals surface area contributed by atoms with E-state index in [1.165, 1.54) is 17.9 Å². The zero-order valence-electron chi connectivity index (χ0n) is 9.83. The molecule has 1 aliphatic rings. The first-order valence-electron chi connectivity index (χ1n) is 5.85. The number of fused-ring (bicyclic) bond motifs is 1. The Morgan fingerprint density at radius 1 is 1.29 bits per heavy atom. The minimum Gasteiger partial charge on any atom is -0.356 e. The molecule has 0 aromatic carbocycles. The van der Waals surface area contributed by atoms with Gasteiger partial charge in [-0.25, -0.2) is 4.98 Å². The summed E-state index contributed by atoms with van der Waals surface area (Å²) in [4.78, 5) is 10.9. The van der Waals surface area contributed by atoms with Crippen molar-refractivity contribution < 1.29 is 0 Å². The molecule has 0 spiro atoms. The Morgan fingerprint density at radius 2 is 2.24 bits per heavy atom. The predicted molar refractivity (Wildman–Crippen MR) is 69.7 cm³/mol. The molecule has 90 valence electrons. The highest BCUT2D eigenvalue weighted by molar-refractivity contribution is 7.99. The number of aromatic nitrogens is 4. The Bertz CT molecular complexity index is 516. The Hall–Kier alpha value is -1.30. The maximum absolute atomic E-state index is 4.37. The van der Waals surface area contributed by atoms with Gasteiger partial charge in [0.15, 0.2) is 0 Å². The van der Waals surface area contributed by atoms with E-state index in [1.807, 2.05) is 23.2 Å². The monoisotopic (exact) mass is 249 g/mol. The van der Waals surface area contributed by atoms with Gasteiger partial charge < -0.3 is 4.90 Å². The number of anilines is 1. The van der Waals surface area contributed by atoms with Crippen LogP contribution in [0.5, 0.6) is 0 Å². The van der Waals surface area contributed by atoms with Crippen LogP contribution in [0.3, 0.4) is 0 Å². The molecule has 6 heteroatoms. The largest absolute Gasteiger partial charge is 0.356 e. The van der Waals surface area contributed by atoms with Crippen LogP contribution >= 0.6 is 11.8 Å². The number of aryl methyl sites for hydroxylation is 1. The summed E-state index contributed by atoms with van der Waals surface area (Å²) in [6, 6.07) is 2.09. The highest BCUT2D eigenvalue weighted by Crippen LogP contribution is 2.19. The SMILES string of the molecule is Cc1cc(N2CCCSCC2)n2ncnc2n1. The van der Waals surface area contributed by atoms with Gasteiger partial charge in [0.2, 0.25) is 0 Å². The summed E-state index contributed by atoms with van der Waals surface area (Å²) < 4.78 is 1.84. The van der Waals surface area contributed by atoms with E-state index in [1.54, 1.807) is 6.33 Å². The van der Waals surface area contributed by atoms with Crippen LogP contribution in [0.15, 0.2) is 12.4 Å². The van der Waals surface area contributed by atoms with Crippen molar-refractivity contribution in [2.24, 2.45) is 0 Å². The van der Waals surface area contributed by atoms with Gasteiger partial charge in [0, 0.05) is 30.6 Å². The zero-order valence-corrected chi connectivity index (χ0v) is 10.7. The molecule has 1 fully saturated rings. The van der Waals surface area contributed by atoms with Crippen LogP contribution < -0.4 is 4.90 Å². The summed E-state index contributed by atoms with van der Waals surface area (Å²) in [5.74, 6) is 4.24. The first kappa shape index (κ1) is 10.8. The quantitative estimate of drug-likeness (QED) is 0.764. The minimum absolute atomic E-state index is 0.692. The molecule has 0 unspecified atom stereocenters. The second-order valence-electron chi connectivity index (χ2n) is 4.18. The smallest absolute Gasteiger partial charge is 0.254 e. The van der Waals surface area contributed by atoms with E-state index in [4.69, 9.17) is 0 Å². The molecule has 0 atom stereocenters. The number of hydrogen-bond acceptors (Lipinski definition) is 5. The average Bonchev–Trinajstić information content (AvgIpc) is 2.62. The number of rotatable bonds is 1. The first-order valence-corrected chi connectivity index (χ1v) is 7.00. The summed E-state index contributed by atoms with van der Waals surface area (Å²) in [5.41, 5.74) is 0.998. The van der Waals surface area contributed by atoms with Gasteiger partial charge in [-0.15, -0.1) is 0 Å². The Labute approximate surface area is 104 Å². The van der Waals surface area contributed by atoms with Gasteiger partial charge in [0.05, 0.1) is 0 Å². The van der Waals surface area contributed by atoms with E-state index < -0.39 is 0 Å². The van der Waals surface area contributed by atoms with Gasteiger partial charge in [-0.3, -0.25) is 0 Å². The molecule has 2 aromatic heterocycles. The topological polar surface area (TPSA) is 46.3 Å². The van der Waals surface area contributed by atoms with Crippen molar-refractivity contribution in [3.63, 3.8) is 0 Å². The standard InChI is InChI=1S/C11H15N5S/c1-9-7-10(15-3-2-5-17-6-4-15)16-11(14-9)12-8-13-16/h7-8H,2-6H2,1H3. The van der Waals surface area contributed by atoms with Crippen molar-refractivity contribution >= 4 is 23.4 Å². The molecule has 0 saturated carbocycles. The number of nitrogens with zero attached hydrogens (tertiary/aromatic N) is 5. The van der Waals surface area contributed by atoms with Crippen molar-refractivity contribution in [2.45, 2.75) is 13.3 Å². The second kappa shape index (κ2) is 4.52. The van der Waals surface area contributed by atoms with E-state index in [2.05, 4.69) is 26.0 Å². The molecule has 1 saturated heterocycles. The maximum atomic E-state index is 4.37. The molecule has 0 amide bonds. The molecule has 3 rings (SSSR count). The fourth-order valence-corrected chi connectivity index (χ4v) is 3.00. The van der Waals surface area contributed by atoms with Crippen LogP contribution in [-0.4, -0.2) is 44.2 Å². The maximum Gasteiger partial charge on any atom is 0.254 e. The summed E-state index contributed by atoms with van der Waals surface area (Å²) in [6.07, 6.45) is 2.79. The van der Waals surface area contributed by atoms with E-state index in [-0.39, 0.29) is 0 Å². The van der Waals surface area contributed by atoms with Crippen molar-refractivity contribution in [3.8, 4) is 0 Å². The number of thioether (sulfide) groups is 1. The molecular weight excluding hydrogens is 234 g/mol. The van der Waals surface area contributed by atoms with Crippen molar-refractivity contribution in [3.05, 3.63) is 18.1 Å². The van der Waals surface area contributed by atoms with E-state index in [0.29, 0.717) is 5.78 Å². The molecule has 0 N–H and O–H groups in total. The van der Waals surface area contributed by atoms with E-state index in [0.717, 1.165) is 24.6 Å². The highest BCUT2D eigenvalue weighted by Gasteiger charge is 2.14. The lowest BCUT2D eigenvalue weighted by molar-refractivity contribution is 0.767. The predicted octanol–water partition coefficient (Wildman–Crippen LogP) is 1.38. The zero-order chi connectivity index (χ0) is 11.7. The van der Waals surface area contributed by atoms with Gasteiger partial charge in [0.25, 0.3) is 5.78 Å². The average molecular weight is 249 g/mol. The van der Waals surface area contributed by atoms with Crippen molar-refractivity contribution in [2.75, 3.05) is 29.5 Å². The van der Waals surface area contributed by atoms with Gasteiger partial charge in [-0.1, -0.05) is 0 Å². The fraction of sp³-hybridized carbons (Fsp3) is 0.545. The molecule has 2 aromatic rings. The molecule has 0 aliphatic carbocycles. The van der Waals surface area contributed by atoms with Gasteiger partial charge in [0.1, 0.15) is 12.1 Å². The lowest BCUT2D eigenvalue weighted by Gasteiger charge is -2.22. The third kappa shape index (κ3) is 2.09. The van der Waals surface area contributed by atoms with Crippen LogP contribution in [-0.2, 0) is 0 Å². The van der Waals surface area contributed by atoms with Gasteiger partial charge in [-0.2, -0.15) is 26.4 Å². The summed E-state index contributed by atoms with van der Waals surface area (Å²) >= 11 is 2.02. The van der Waals surface area contributed by atoms with Crippen molar-refractivity contribution in [1.82, 2.24) is 19.6 Å². The summed E-state index contributed by atoms with van der Waals surface area (Å²) in [5, 5.41) is 4.26. The minimum atomic E-state index is 0.692. The highest BCUT2D eigenvalue weighted by atomic mass is 32.2. The number of hydrogen-bond donors (Lipinski definition) is 0. The molecule has 1 aliphatic heterocycles. The molecule has 17 heavy (non-hydrogen) atoms. The third-order valence-corrected chi connectivity index (χ3v) is 3.96. The first-order chi connectivity index (χ1) is 8.34. The lowest BCUT2D eigenvalue weighted by atomic mass is 10.3. The molecule has 0 radical (unpaired) electrons. The van der Waals surface area contributed by atoms with Crippen LogP contribution in [0.25, 0.3) is 5.78 Å². The van der Waals surface area contributed by atoms with E-state index in [9.17, 15) is 0 Å². The van der Waals surface area contributed by atoms with Gasteiger partial charge >= 0.3 is 0 Å². The van der Waals surface area contributed by atoms with Crippen LogP contribution in [0.2, 0.25) is 0 Å². The van der Waals surface area contributed by atoms with Gasteiger partial charge in [-0.05, 0) is 19.1 Å². The molecule has 5 nitrogen and oxygen atoms in total. The van der Waals surface area contributed by atoms with Crippen LogP contribution in [0.1, 0.15) is 12.1 Å². The second-order valence-corrected chi connectivity index (χ2v) is 5.41. The Kier molecular flexibility index (Phi) is 2.88. The molecular formula is C11H15N5S. The van der Waals surface area contributed by atoms with Crippen molar-refractivity contribution in [1.29, 1.82) is 0 Å². The summed E-state index contributed by atoms with van der Waals surface area (Å²) in [7, 11) is 0. The van der Waals surface area contributed by atoms with Crippen LogP contribution in [0.4, 0.5) is 5.82 Å². The molecule has 0 bridgehead atoms. The fourth-order valence-electron chi connectivity index (χ4n) is 2.11.